The van der Waals surface area contributed by atoms with E-state index in [1.165, 1.54) is 25.3 Å². The van der Waals surface area contributed by atoms with Crippen molar-refractivity contribution < 1.29 is 18.3 Å². The van der Waals surface area contributed by atoms with Crippen molar-refractivity contribution in [1.29, 1.82) is 0 Å². The summed E-state index contributed by atoms with van der Waals surface area (Å²) in [4.78, 5) is 7.31. The first-order chi connectivity index (χ1) is 15.7. The Labute approximate surface area is 212 Å². The zero-order valence-corrected chi connectivity index (χ0v) is 21.5. The van der Waals surface area contributed by atoms with Gasteiger partial charge in [-0.1, -0.05) is 6.42 Å². The molecule has 0 aliphatic carbocycles. The monoisotopic (exact) mass is 572 g/mol. The minimum atomic E-state index is -0.267. The highest BCUT2D eigenvalue weighted by atomic mass is 127. The van der Waals surface area contributed by atoms with Crippen LogP contribution < -0.4 is 15.4 Å². The Morgan fingerprint density at radius 2 is 2.06 bits per heavy atom. The lowest BCUT2D eigenvalue weighted by molar-refractivity contribution is -0.0172. The van der Waals surface area contributed by atoms with Gasteiger partial charge in [0.15, 0.2) is 12.8 Å². The van der Waals surface area contributed by atoms with Crippen molar-refractivity contribution in [2.24, 2.45) is 4.99 Å². The molecule has 2 N–H and O–H groups in total. The number of fused-ring (bicyclic) bond motifs is 1. The van der Waals surface area contributed by atoms with Crippen molar-refractivity contribution in [3.05, 3.63) is 53.2 Å². The van der Waals surface area contributed by atoms with E-state index in [0.717, 1.165) is 48.2 Å². The van der Waals surface area contributed by atoms with Gasteiger partial charge in [-0.05, 0) is 69.1 Å². The van der Waals surface area contributed by atoms with Crippen molar-refractivity contribution in [3.63, 3.8) is 0 Å². The van der Waals surface area contributed by atoms with Gasteiger partial charge in [0.2, 0.25) is 0 Å². The molecular weight excluding hydrogens is 538 g/mol. The number of hydrogen-bond acceptors (Lipinski definition) is 5. The molecule has 1 saturated heterocycles. The van der Waals surface area contributed by atoms with Crippen LogP contribution in [0, 0.1) is 5.82 Å². The summed E-state index contributed by atoms with van der Waals surface area (Å²) in [6, 6.07) is 7.12. The molecular formula is C24H34FIN4O3. The van der Waals surface area contributed by atoms with E-state index in [0.29, 0.717) is 26.1 Å². The molecule has 0 amide bonds. The van der Waals surface area contributed by atoms with Gasteiger partial charge in [-0.25, -0.2) is 4.39 Å². The molecule has 1 atom stereocenters. The Kier molecular flexibility index (Phi) is 10.3. The zero-order chi connectivity index (χ0) is 22.2. The summed E-state index contributed by atoms with van der Waals surface area (Å²) < 4.78 is 30.6. The van der Waals surface area contributed by atoms with Crippen LogP contribution in [-0.2, 0) is 17.8 Å². The van der Waals surface area contributed by atoms with Gasteiger partial charge in [-0.3, -0.25) is 9.89 Å². The summed E-state index contributed by atoms with van der Waals surface area (Å²) in [6.45, 7) is 6.74. The Morgan fingerprint density at radius 1 is 1.21 bits per heavy atom. The van der Waals surface area contributed by atoms with E-state index in [-0.39, 0.29) is 42.6 Å². The molecule has 9 heteroatoms. The number of halogens is 2. The Morgan fingerprint density at radius 3 is 2.82 bits per heavy atom. The van der Waals surface area contributed by atoms with Gasteiger partial charge in [0.25, 0.3) is 0 Å². The Bertz CT molecular complexity index is 888. The smallest absolute Gasteiger partial charge is 0.191 e. The van der Waals surface area contributed by atoms with Gasteiger partial charge in [0.1, 0.15) is 17.3 Å². The molecule has 7 nitrogen and oxygen atoms in total. The van der Waals surface area contributed by atoms with Gasteiger partial charge in [-0.2, -0.15) is 0 Å². The largest absolute Gasteiger partial charge is 0.468 e. The second-order valence-electron chi connectivity index (χ2n) is 8.19. The summed E-state index contributed by atoms with van der Waals surface area (Å²) in [7, 11) is 0. The van der Waals surface area contributed by atoms with Crippen molar-refractivity contribution >= 4 is 29.9 Å². The molecule has 1 fully saturated rings. The highest BCUT2D eigenvalue weighted by Crippen LogP contribution is 2.29. The number of furan rings is 1. The van der Waals surface area contributed by atoms with Crippen molar-refractivity contribution in [3.8, 4) is 5.75 Å². The molecule has 0 saturated carbocycles. The number of aliphatic imine (C=N–C) groups is 1. The quantitative estimate of drug-likeness (QED) is 0.281. The van der Waals surface area contributed by atoms with Crippen molar-refractivity contribution in [1.82, 2.24) is 15.5 Å². The zero-order valence-electron chi connectivity index (χ0n) is 19.1. The van der Waals surface area contributed by atoms with Crippen LogP contribution in [0.25, 0.3) is 0 Å². The maximum atomic E-state index is 14.0. The molecule has 0 radical (unpaired) electrons. The fourth-order valence-corrected chi connectivity index (χ4v) is 4.37. The number of ether oxygens (including phenoxy) is 2. The molecule has 2 aliphatic heterocycles. The number of rotatable bonds is 8. The first-order valence-electron chi connectivity index (χ1n) is 11.6. The SMILES string of the molecule is CCNC(=NCC(c1ccco1)N1CCCCC1)NCCc1cc(F)cc2c1OCOC2.I. The minimum absolute atomic E-state index is 0. The minimum Gasteiger partial charge on any atom is -0.468 e. The van der Waals surface area contributed by atoms with Gasteiger partial charge < -0.3 is 24.5 Å². The molecule has 0 spiro atoms. The van der Waals surface area contributed by atoms with E-state index in [1.54, 1.807) is 12.3 Å². The predicted molar refractivity (Wildman–Crippen MR) is 137 cm³/mol. The molecule has 1 unspecified atom stereocenters. The van der Waals surface area contributed by atoms with Crippen LogP contribution in [-0.4, -0.2) is 50.4 Å². The molecule has 2 aliphatic rings. The van der Waals surface area contributed by atoms with E-state index in [1.807, 2.05) is 19.1 Å². The van der Waals surface area contributed by atoms with Crippen molar-refractivity contribution in [2.75, 3.05) is 39.5 Å². The van der Waals surface area contributed by atoms with Crippen LogP contribution >= 0.6 is 24.0 Å². The lowest BCUT2D eigenvalue weighted by Gasteiger charge is -2.32. The second-order valence-corrected chi connectivity index (χ2v) is 8.19. The summed E-state index contributed by atoms with van der Waals surface area (Å²) in [6.07, 6.45) is 6.06. The topological polar surface area (TPSA) is 71.3 Å². The third-order valence-corrected chi connectivity index (χ3v) is 5.91. The molecule has 1 aromatic heterocycles. The average molecular weight is 572 g/mol. The van der Waals surface area contributed by atoms with Crippen LogP contribution in [0.2, 0.25) is 0 Å². The van der Waals surface area contributed by atoms with E-state index in [4.69, 9.17) is 18.9 Å². The van der Waals surface area contributed by atoms with Gasteiger partial charge >= 0.3 is 0 Å². The van der Waals surface area contributed by atoms with Crippen LogP contribution in [0.1, 0.15) is 49.1 Å². The predicted octanol–water partition coefficient (Wildman–Crippen LogP) is 4.23. The van der Waals surface area contributed by atoms with E-state index in [9.17, 15) is 4.39 Å². The summed E-state index contributed by atoms with van der Waals surface area (Å²) in [5.41, 5.74) is 1.60. The number of benzene rings is 1. The van der Waals surface area contributed by atoms with Crippen molar-refractivity contribution in [2.45, 2.75) is 45.3 Å². The van der Waals surface area contributed by atoms with Gasteiger partial charge in [0.05, 0.1) is 25.5 Å². The third-order valence-electron chi connectivity index (χ3n) is 5.91. The van der Waals surface area contributed by atoms with Crippen LogP contribution in [0.5, 0.6) is 5.75 Å². The summed E-state index contributed by atoms with van der Waals surface area (Å²) in [5, 5.41) is 6.69. The lowest BCUT2D eigenvalue weighted by Crippen LogP contribution is -2.40. The number of hydrogen-bond donors (Lipinski definition) is 2. The number of guanidine groups is 1. The summed E-state index contributed by atoms with van der Waals surface area (Å²) >= 11 is 0. The Balaban J connectivity index is 0.00000306. The molecule has 4 rings (SSSR count). The number of nitrogens with zero attached hydrogens (tertiary/aromatic N) is 2. The maximum Gasteiger partial charge on any atom is 0.191 e. The van der Waals surface area contributed by atoms with E-state index >= 15 is 0 Å². The van der Waals surface area contributed by atoms with E-state index < -0.39 is 0 Å². The first-order valence-corrected chi connectivity index (χ1v) is 11.6. The number of piperidine rings is 1. The second kappa shape index (κ2) is 13.1. The normalized spacial score (nSPS) is 17.5. The maximum absolute atomic E-state index is 14.0. The number of likely N-dealkylation sites (tertiary alicyclic amines) is 1. The van der Waals surface area contributed by atoms with E-state index in [2.05, 4.69) is 15.5 Å². The standard InChI is InChI=1S/C24H33FN4O3.HI/c1-2-26-24(27-9-8-18-13-20(25)14-19-16-30-17-32-23(18)19)28-15-21(22-7-6-12-31-22)29-10-4-3-5-11-29;/h6-7,12-14,21H,2-5,8-11,15-17H2,1H3,(H2,26,27,28);1H. The highest BCUT2D eigenvalue weighted by Gasteiger charge is 2.24. The molecule has 3 heterocycles. The fourth-order valence-electron chi connectivity index (χ4n) is 4.37. The average Bonchev–Trinajstić information content (AvgIpc) is 3.34. The highest BCUT2D eigenvalue weighted by molar-refractivity contribution is 14.0. The molecule has 33 heavy (non-hydrogen) atoms. The Hall–Kier alpha value is -1.85. The van der Waals surface area contributed by atoms with Gasteiger partial charge in [0, 0.05) is 18.7 Å². The van der Waals surface area contributed by atoms with Gasteiger partial charge in [-0.15, -0.1) is 24.0 Å². The molecule has 1 aromatic carbocycles. The van der Waals surface area contributed by atoms with Crippen LogP contribution in [0.15, 0.2) is 39.9 Å². The lowest BCUT2D eigenvalue weighted by atomic mass is 10.1. The molecule has 2 aromatic rings. The van der Waals surface area contributed by atoms with Crippen LogP contribution in [0.4, 0.5) is 4.39 Å². The summed E-state index contributed by atoms with van der Waals surface area (Å²) in [5.74, 6) is 2.17. The third kappa shape index (κ3) is 7.07. The molecule has 0 bridgehead atoms. The first kappa shape index (κ1) is 25.8. The van der Waals surface area contributed by atoms with Crippen LogP contribution in [0.3, 0.4) is 0 Å². The fraction of sp³-hybridized carbons (Fsp3) is 0.542. The number of nitrogens with one attached hydrogen (secondary N) is 2. The molecule has 182 valence electrons.